The first-order valence-corrected chi connectivity index (χ1v) is 11.5. The van der Waals surface area contributed by atoms with Crippen LogP contribution in [0.5, 0.6) is 5.88 Å². The summed E-state index contributed by atoms with van der Waals surface area (Å²) < 4.78 is 37.3. The zero-order chi connectivity index (χ0) is 22.9. The van der Waals surface area contributed by atoms with E-state index in [2.05, 4.69) is 15.4 Å². The standard InChI is InChI=1S/C21H23N5O5S/c1-14-20(15(2)31-24-14)32(28,29)26-12-10-25(11-13-26)21(27)17-6-4-16(5-7-17)18-8-9-19(30-3)23-22-18/h4-9H,10-13H2,1-3H3. The van der Waals surface area contributed by atoms with Gasteiger partial charge < -0.3 is 18.7 Å². The third-order valence-electron chi connectivity index (χ3n) is 5.37. The molecule has 0 saturated carbocycles. The van der Waals surface area contributed by atoms with Gasteiger partial charge in [0.25, 0.3) is 5.91 Å². The van der Waals surface area contributed by atoms with Crippen molar-refractivity contribution in [3.8, 4) is 17.1 Å². The number of piperazine rings is 1. The van der Waals surface area contributed by atoms with Gasteiger partial charge in [-0.15, -0.1) is 14.5 Å². The number of nitrogens with zero attached hydrogens (tertiary/aromatic N) is 5. The average Bonchev–Trinajstić information content (AvgIpc) is 3.17. The number of benzene rings is 1. The van der Waals surface area contributed by atoms with Crippen LogP contribution in [-0.2, 0) is 14.6 Å². The van der Waals surface area contributed by atoms with Crippen molar-refractivity contribution in [2.24, 2.45) is 0 Å². The van der Waals surface area contributed by atoms with E-state index < -0.39 is 10.4 Å². The molecule has 168 valence electrons. The van der Waals surface area contributed by atoms with Crippen LogP contribution in [0.1, 0.15) is 21.8 Å². The summed E-state index contributed by atoms with van der Waals surface area (Å²) in [4.78, 5) is 14.7. The Labute approximate surface area is 186 Å². The SMILES string of the molecule is COc1ccc(-c2ccc(C(=O)N3CCN([S+](=O)([O-])c4c(C)noc4C)CC3)cc2)nn1. The second kappa shape index (κ2) is 8.77. The van der Waals surface area contributed by atoms with Gasteiger partial charge >= 0.3 is 0 Å². The van der Waals surface area contributed by atoms with E-state index in [0.29, 0.717) is 35.9 Å². The fourth-order valence-electron chi connectivity index (χ4n) is 3.65. The molecular formula is C21H23N5O5S. The van der Waals surface area contributed by atoms with E-state index >= 15 is 0 Å². The van der Waals surface area contributed by atoms with E-state index in [4.69, 9.17) is 9.26 Å². The van der Waals surface area contributed by atoms with Crippen LogP contribution in [0.3, 0.4) is 0 Å². The van der Waals surface area contributed by atoms with E-state index in [1.807, 2.05) is 12.1 Å². The van der Waals surface area contributed by atoms with Crippen molar-refractivity contribution in [2.45, 2.75) is 18.7 Å². The number of methoxy groups -OCH3 is 1. The van der Waals surface area contributed by atoms with Crippen LogP contribution in [0.2, 0.25) is 0 Å². The Morgan fingerprint density at radius 1 is 1.06 bits per heavy atom. The van der Waals surface area contributed by atoms with Crippen LogP contribution >= 0.6 is 0 Å². The second-order valence-electron chi connectivity index (χ2n) is 7.39. The van der Waals surface area contributed by atoms with Gasteiger partial charge in [0.05, 0.1) is 25.9 Å². The molecular weight excluding hydrogens is 434 g/mol. The lowest BCUT2D eigenvalue weighted by Gasteiger charge is -2.35. The number of ether oxygens (including phenoxy) is 1. The Hall–Kier alpha value is -3.15. The summed E-state index contributed by atoms with van der Waals surface area (Å²) >= 11 is 0. The van der Waals surface area contributed by atoms with Gasteiger partial charge in [0.2, 0.25) is 10.8 Å². The minimum absolute atomic E-state index is 0.106. The first-order valence-electron chi connectivity index (χ1n) is 10.0. The molecule has 0 bridgehead atoms. The summed E-state index contributed by atoms with van der Waals surface area (Å²) in [5.74, 6) is 0.547. The highest BCUT2D eigenvalue weighted by Gasteiger charge is 2.39. The first kappa shape index (κ1) is 22.1. The summed E-state index contributed by atoms with van der Waals surface area (Å²) in [6.07, 6.45) is 0. The van der Waals surface area contributed by atoms with Crippen LogP contribution in [0.15, 0.2) is 45.8 Å². The first-order chi connectivity index (χ1) is 15.3. The Morgan fingerprint density at radius 2 is 1.75 bits per heavy atom. The summed E-state index contributed by atoms with van der Waals surface area (Å²) in [7, 11) is -2.19. The molecule has 2 aromatic heterocycles. The molecule has 10 nitrogen and oxygen atoms in total. The van der Waals surface area contributed by atoms with Gasteiger partial charge in [-0.3, -0.25) is 4.79 Å². The van der Waals surface area contributed by atoms with Crippen molar-refractivity contribution in [1.29, 1.82) is 0 Å². The molecule has 32 heavy (non-hydrogen) atoms. The minimum atomic E-state index is -3.72. The highest BCUT2D eigenvalue weighted by Crippen LogP contribution is 2.28. The van der Waals surface area contributed by atoms with Crippen molar-refractivity contribution in [1.82, 2.24) is 24.6 Å². The monoisotopic (exact) mass is 457 g/mol. The van der Waals surface area contributed by atoms with Gasteiger partial charge in [0.1, 0.15) is 5.69 Å². The van der Waals surface area contributed by atoms with Crippen molar-refractivity contribution >= 4 is 16.3 Å². The molecule has 1 saturated heterocycles. The molecule has 1 fully saturated rings. The molecule has 0 spiro atoms. The number of hydrogen-bond donors (Lipinski definition) is 0. The Morgan fingerprint density at radius 3 is 2.28 bits per heavy atom. The fourth-order valence-corrected chi connectivity index (χ4v) is 5.37. The van der Waals surface area contributed by atoms with Gasteiger partial charge in [-0.1, -0.05) is 21.5 Å². The average molecular weight is 458 g/mol. The third-order valence-corrected chi connectivity index (χ3v) is 7.51. The lowest BCUT2D eigenvalue weighted by molar-refractivity contribution is 0.0693. The maximum atomic E-state index is 13.0. The number of aromatic nitrogens is 3. The second-order valence-corrected chi connectivity index (χ2v) is 9.26. The van der Waals surface area contributed by atoms with E-state index in [1.54, 1.807) is 43.0 Å². The van der Waals surface area contributed by atoms with E-state index in [9.17, 15) is 13.6 Å². The van der Waals surface area contributed by atoms with Gasteiger partial charge in [0, 0.05) is 37.2 Å². The Bertz CT molecular complexity index is 1130. The predicted molar refractivity (Wildman–Crippen MR) is 115 cm³/mol. The molecule has 3 heterocycles. The third kappa shape index (κ3) is 4.14. The molecule has 4 rings (SSSR count). The molecule has 0 aliphatic carbocycles. The van der Waals surface area contributed by atoms with Gasteiger partial charge in [-0.2, -0.15) is 0 Å². The summed E-state index contributed by atoms with van der Waals surface area (Å²) in [6, 6.07) is 10.6. The van der Waals surface area contributed by atoms with E-state index in [-0.39, 0.29) is 29.7 Å². The number of aryl methyl sites for hydroxylation is 2. The van der Waals surface area contributed by atoms with Crippen molar-refractivity contribution in [2.75, 3.05) is 33.3 Å². The van der Waals surface area contributed by atoms with Crippen molar-refractivity contribution < 1.29 is 22.8 Å². The zero-order valence-corrected chi connectivity index (χ0v) is 18.8. The fraction of sp³-hybridized carbons (Fsp3) is 0.333. The number of amides is 1. The van der Waals surface area contributed by atoms with E-state index in [0.717, 1.165) is 5.56 Å². The topological polar surface area (TPSA) is 125 Å². The maximum Gasteiger partial charge on any atom is 0.253 e. The normalized spacial score (nSPS) is 16.6. The highest BCUT2D eigenvalue weighted by atomic mass is 32.3. The van der Waals surface area contributed by atoms with Crippen molar-refractivity contribution in [3.63, 3.8) is 0 Å². The molecule has 1 amide bonds. The number of sulfonamides is 1. The minimum Gasteiger partial charge on any atom is -0.593 e. The maximum absolute atomic E-state index is 13.0. The molecule has 0 N–H and O–H groups in total. The molecule has 11 heteroatoms. The largest absolute Gasteiger partial charge is 0.593 e. The van der Waals surface area contributed by atoms with Crippen LogP contribution < -0.4 is 4.74 Å². The molecule has 1 aromatic carbocycles. The number of carbonyl (C=O) groups is 1. The highest BCUT2D eigenvalue weighted by molar-refractivity contribution is 7.95. The molecule has 1 aliphatic rings. The lowest BCUT2D eigenvalue weighted by atomic mass is 10.1. The molecule has 1 unspecified atom stereocenters. The summed E-state index contributed by atoms with van der Waals surface area (Å²) in [6.45, 7) is 4.19. The molecule has 3 aromatic rings. The summed E-state index contributed by atoms with van der Waals surface area (Å²) in [5, 5.41) is 11.8. The number of carbonyl (C=O) groups excluding carboxylic acids is 1. The van der Waals surface area contributed by atoms with Crippen LogP contribution in [0.4, 0.5) is 0 Å². The van der Waals surface area contributed by atoms with Gasteiger partial charge in [-0.05, 0) is 25.1 Å². The molecule has 1 atom stereocenters. The van der Waals surface area contributed by atoms with Crippen molar-refractivity contribution in [3.05, 3.63) is 53.4 Å². The number of rotatable bonds is 5. The zero-order valence-electron chi connectivity index (χ0n) is 18.0. The summed E-state index contributed by atoms with van der Waals surface area (Å²) in [5.41, 5.74) is 2.36. The van der Waals surface area contributed by atoms with Crippen LogP contribution in [0, 0.1) is 13.8 Å². The lowest BCUT2D eigenvalue weighted by Crippen LogP contribution is -2.52. The number of hydrogen-bond acceptors (Lipinski definition) is 8. The molecule has 1 aliphatic heterocycles. The predicted octanol–water partition coefficient (Wildman–Crippen LogP) is 2.12. The Kier molecular flexibility index (Phi) is 6.04. The van der Waals surface area contributed by atoms with Gasteiger partial charge in [0.15, 0.2) is 16.2 Å². The van der Waals surface area contributed by atoms with Crippen LogP contribution in [-0.4, -0.2) is 68.3 Å². The quantitative estimate of drug-likeness (QED) is 0.534. The van der Waals surface area contributed by atoms with Gasteiger partial charge in [-0.25, -0.2) is 0 Å². The Balaban J connectivity index is 1.41. The van der Waals surface area contributed by atoms with E-state index in [1.165, 1.54) is 11.4 Å². The van der Waals surface area contributed by atoms with Crippen LogP contribution in [0.25, 0.3) is 11.3 Å². The molecule has 0 radical (unpaired) electrons. The smallest absolute Gasteiger partial charge is 0.253 e.